The average molecular weight is 376 g/mol. The summed E-state index contributed by atoms with van der Waals surface area (Å²) < 4.78 is 0. The molecule has 0 saturated heterocycles. The maximum absolute atomic E-state index is 11.7. The van der Waals surface area contributed by atoms with E-state index in [0.717, 1.165) is 57.0 Å². The van der Waals surface area contributed by atoms with Gasteiger partial charge < -0.3 is 20.9 Å². The highest BCUT2D eigenvalue weighted by Crippen LogP contribution is 2.05. The second-order valence-electron chi connectivity index (χ2n) is 7.00. The quantitative estimate of drug-likeness (QED) is 0.315. The largest absolute Gasteiger partial charge is 0.357 e. The molecular formula is C21H37N5O. The number of aliphatic imine (C=N–C) groups is 1. The maximum atomic E-state index is 11.7. The molecule has 0 saturated carbocycles. The summed E-state index contributed by atoms with van der Waals surface area (Å²) in [5, 5.41) is 9.33. The Morgan fingerprint density at radius 1 is 1.22 bits per heavy atom. The Morgan fingerprint density at radius 2 is 2.00 bits per heavy atom. The SMILES string of the molecule is CCNC(=NCCCCN(C)C(C)C)NCCc1cccc(C(=O)NC)c1. The van der Waals surface area contributed by atoms with Crippen LogP contribution in [0.3, 0.4) is 0 Å². The third-order valence-electron chi connectivity index (χ3n) is 4.54. The molecule has 0 aliphatic heterocycles. The summed E-state index contributed by atoms with van der Waals surface area (Å²) in [5.41, 5.74) is 1.83. The number of carbonyl (C=O) groups excluding carboxylic acids is 1. The highest BCUT2D eigenvalue weighted by atomic mass is 16.1. The molecule has 0 spiro atoms. The number of hydrogen-bond acceptors (Lipinski definition) is 3. The summed E-state index contributed by atoms with van der Waals surface area (Å²) in [4.78, 5) is 18.7. The zero-order valence-corrected chi connectivity index (χ0v) is 17.6. The van der Waals surface area contributed by atoms with Gasteiger partial charge in [-0.25, -0.2) is 0 Å². The lowest BCUT2D eigenvalue weighted by atomic mass is 10.1. The van der Waals surface area contributed by atoms with Crippen LogP contribution in [0, 0.1) is 0 Å². The van der Waals surface area contributed by atoms with Gasteiger partial charge in [0.2, 0.25) is 0 Å². The molecule has 1 rings (SSSR count). The molecule has 6 heteroatoms. The Hall–Kier alpha value is -2.08. The van der Waals surface area contributed by atoms with Crippen LogP contribution in [0.5, 0.6) is 0 Å². The molecule has 0 aromatic heterocycles. The number of amides is 1. The van der Waals surface area contributed by atoms with E-state index in [2.05, 4.69) is 53.7 Å². The van der Waals surface area contributed by atoms with Gasteiger partial charge >= 0.3 is 0 Å². The monoisotopic (exact) mass is 375 g/mol. The predicted octanol–water partition coefficient (Wildman–Crippen LogP) is 2.26. The van der Waals surface area contributed by atoms with Gasteiger partial charge in [-0.15, -0.1) is 0 Å². The Morgan fingerprint density at radius 3 is 2.67 bits per heavy atom. The average Bonchev–Trinajstić information content (AvgIpc) is 2.66. The molecule has 27 heavy (non-hydrogen) atoms. The van der Waals surface area contributed by atoms with Crippen molar-refractivity contribution in [1.82, 2.24) is 20.9 Å². The van der Waals surface area contributed by atoms with Crippen LogP contribution in [0.2, 0.25) is 0 Å². The molecule has 152 valence electrons. The van der Waals surface area contributed by atoms with Crippen LogP contribution >= 0.6 is 0 Å². The third kappa shape index (κ3) is 9.43. The van der Waals surface area contributed by atoms with E-state index in [4.69, 9.17) is 0 Å². The minimum Gasteiger partial charge on any atom is -0.357 e. The molecule has 3 N–H and O–H groups in total. The van der Waals surface area contributed by atoms with E-state index < -0.39 is 0 Å². The van der Waals surface area contributed by atoms with Gasteiger partial charge in [-0.3, -0.25) is 9.79 Å². The topological polar surface area (TPSA) is 68.8 Å². The van der Waals surface area contributed by atoms with E-state index >= 15 is 0 Å². The molecule has 0 radical (unpaired) electrons. The van der Waals surface area contributed by atoms with Crippen molar-refractivity contribution in [2.45, 2.75) is 46.1 Å². The van der Waals surface area contributed by atoms with Gasteiger partial charge in [-0.05, 0) is 71.3 Å². The highest BCUT2D eigenvalue weighted by molar-refractivity contribution is 5.94. The normalized spacial score (nSPS) is 11.7. The Bertz CT molecular complexity index is 586. The molecule has 6 nitrogen and oxygen atoms in total. The number of guanidine groups is 1. The van der Waals surface area contributed by atoms with E-state index in [9.17, 15) is 4.79 Å². The van der Waals surface area contributed by atoms with Gasteiger partial charge in [0.1, 0.15) is 0 Å². The molecule has 0 fully saturated rings. The second kappa shape index (κ2) is 13.1. The summed E-state index contributed by atoms with van der Waals surface area (Å²) in [6, 6.07) is 8.33. The third-order valence-corrected chi connectivity index (χ3v) is 4.54. The van der Waals surface area contributed by atoms with Gasteiger partial charge in [0.15, 0.2) is 5.96 Å². The van der Waals surface area contributed by atoms with E-state index in [1.807, 2.05) is 24.3 Å². The Balaban J connectivity index is 2.40. The van der Waals surface area contributed by atoms with Crippen LogP contribution in [0.25, 0.3) is 0 Å². The van der Waals surface area contributed by atoms with Gasteiger partial charge in [-0.1, -0.05) is 12.1 Å². The molecule has 0 unspecified atom stereocenters. The fourth-order valence-corrected chi connectivity index (χ4v) is 2.60. The fraction of sp³-hybridized carbons (Fsp3) is 0.619. The number of rotatable bonds is 11. The zero-order valence-electron chi connectivity index (χ0n) is 17.6. The number of hydrogen-bond donors (Lipinski definition) is 3. The van der Waals surface area contributed by atoms with Crippen molar-refractivity contribution >= 4 is 11.9 Å². The van der Waals surface area contributed by atoms with Crippen LogP contribution in [-0.4, -0.2) is 63.1 Å². The summed E-state index contributed by atoms with van der Waals surface area (Å²) in [6.45, 7) is 10.1. The first-order valence-corrected chi connectivity index (χ1v) is 10.0. The van der Waals surface area contributed by atoms with Gasteiger partial charge in [-0.2, -0.15) is 0 Å². The molecule has 0 heterocycles. The number of benzene rings is 1. The first-order valence-electron chi connectivity index (χ1n) is 10.0. The highest BCUT2D eigenvalue weighted by Gasteiger charge is 2.04. The van der Waals surface area contributed by atoms with Crippen LogP contribution in [0.1, 0.15) is 49.5 Å². The van der Waals surface area contributed by atoms with Crippen molar-refractivity contribution in [3.05, 3.63) is 35.4 Å². The van der Waals surface area contributed by atoms with Crippen molar-refractivity contribution in [2.75, 3.05) is 40.3 Å². The number of unbranched alkanes of at least 4 members (excludes halogenated alkanes) is 1. The molecule has 0 aliphatic rings. The van der Waals surface area contributed by atoms with Crippen LogP contribution in [-0.2, 0) is 6.42 Å². The lowest BCUT2D eigenvalue weighted by molar-refractivity contribution is 0.0963. The van der Waals surface area contributed by atoms with Crippen molar-refractivity contribution in [3.63, 3.8) is 0 Å². The Kier molecular flexibility index (Phi) is 11.2. The molecule has 0 aliphatic carbocycles. The van der Waals surface area contributed by atoms with Crippen molar-refractivity contribution in [3.8, 4) is 0 Å². The summed E-state index contributed by atoms with van der Waals surface area (Å²) in [7, 11) is 3.81. The molecule has 1 amide bonds. The number of nitrogens with zero attached hydrogens (tertiary/aromatic N) is 2. The summed E-state index contributed by atoms with van der Waals surface area (Å²) >= 11 is 0. The second-order valence-corrected chi connectivity index (χ2v) is 7.00. The lowest BCUT2D eigenvalue weighted by Gasteiger charge is -2.20. The minimum atomic E-state index is -0.0529. The smallest absolute Gasteiger partial charge is 0.251 e. The standard InChI is InChI=1S/C21H37N5O/c1-6-23-21(24-13-7-8-15-26(5)17(2)3)25-14-12-18-10-9-11-19(16-18)20(27)22-4/h9-11,16-17H,6-8,12-15H2,1-5H3,(H,22,27)(H2,23,24,25). The van der Waals surface area contributed by atoms with Gasteiger partial charge in [0.25, 0.3) is 5.91 Å². The van der Waals surface area contributed by atoms with E-state index in [1.54, 1.807) is 7.05 Å². The molecule has 1 aromatic rings. The van der Waals surface area contributed by atoms with Crippen molar-refractivity contribution in [1.29, 1.82) is 0 Å². The Labute approximate surface area is 164 Å². The van der Waals surface area contributed by atoms with E-state index in [0.29, 0.717) is 11.6 Å². The lowest BCUT2D eigenvalue weighted by Crippen LogP contribution is -2.38. The summed E-state index contributed by atoms with van der Waals surface area (Å²) in [5.74, 6) is 0.806. The maximum Gasteiger partial charge on any atom is 0.251 e. The van der Waals surface area contributed by atoms with Gasteiger partial charge in [0.05, 0.1) is 0 Å². The zero-order chi connectivity index (χ0) is 20.1. The molecule has 0 bridgehead atoms. The van der Waals surface area contributed by atoms with Crippen LogP contribution < -0.4 is 16.0 Å². The first kappa shape index (κ1) is 23.0. The molecule has 1 aromatic carbocycles. The van der Waals surface area contributed by atoms with Crippen LogP contribution in [0.4, 0.5) is 0 Å². The van der Waals surface area contributed by atoms with E-state index in [-0.39, 0.29) is 5.91 Å². The van der Waals surface area contributed by atoms with Gasteiger partial charge in [0, 0.05) is 38.3 Å². The number of nitrogens with one attached hydrogen (secondary N) is 3. The van der Waals surface area contributed by atoms with Crippen molar-refractivity contribution < 1.29 is 4.79 Å². The van der Waals surface area contributed by atoms with Crippen LogP contribution in [0.15, 0.2) is 29.3 Å². The molecular weight excluding hydrogens is 338 g/mol. The fourth-order valence-electron chi connectivity index (χ4n) is 2.60. The summed E-state index contributed by atoms with van der Waals surface area (Å²) in [6.07, 6.45) is 3.08. The minimum absolute atomic E-state index is 0.0529. The predicted molar refractivity (Wildman–Crippen MR) is 115 cm³/mol. The van der Waals surface area contributed by atoms with E-state index in [1.165, 1.54) is 0 Å². The molecule has 0 atom stereocenters. The van der Waals surface area contributed by atoms with Crippen molar-refractivity contribution in [2.24, 2.45) is 4.99 Å². The number of carbonyl (C=O) groups is 1. The first-order chi connectivity index (χ1) is 13.0.